The lowest BCUT2D eigenvalue weighted by Crippen LogP contribution is -2.52. The lowest BCUT2D eigenvalue weighted by molar-refractivity contribution is -0.139. The fourth-order valence-corrected chi connectivity index (χ4v) is 4.83. The maximum atomic E-state index is 13.2. The number of halogens is 1. The number of amides is 4. The molecule has 2 heterocycles. The number of nitrogens with zero attached hydrogens (tertiary/aromatic N) is 3. The number of carbonyl (C=O) groups excluding carboxylic acids is 3. The van der Waals surface area contributed by atoms with E-state index in [-0.39, 0.29) is 24.2 Å². The predicted octanol–water partition coefficient (Wildman–Crippen LogP) is 1.87. The van der Waals surface area contributed by atoms with Gasteiger partial charge in [0.1, 0.15) is 17.9 Å². The predicted molar refractivity (Wildman–Crippen MR) is 112 cm³/mol. The largest absolute Gasteiger partial charge is 0.368 e. The standard InChI is InChI=1S/C23H23FN4O3/c24-17-5-7-18(8-6-17)26-11-13-27(14-12-26)20(29)15-28-21(30)23(25-22(28)31)10-9-16-3-1-2-4-19(16)23/h1-8H,9-15H2,(H,25,31). The van der Waals surface area contributed by atoms with E-state index in [1.807, 2.05) is 24.3 Å². The van der Waals surface area contributed by atoms with Crippen LogP contribution in [0.4, 0.5) is 14.9 Å². The maximum absolute atomic E-state index is 13.2. The molecule has 0 saturated carbocycles. The highest BCUT2D eigenvalue weighted by molar-refractivity contribution is 6.09. The Balaban J connectivity index is 1.24. The lowest BCUT2D eigenvalue weighted by Gasteiger charge is -2.36. The van der Waals surface area contributed by atoms with Gasteiger partial charge in [-0.15, -0.1) is 0 Å². The van der Waals surface area contributed by atoms with Crippen LogP contribution in [0.1, 0.15) is 17.5 Å². The van der Waals surface area contributed by atoms with Crippen LogP contribution >= 0.6 is 0 Å². The van der Waals surface area contributed by atoms with Crippen molar-refractivity contribution in [1.29, 1.82) is 0 Å². The summed E-state index contributed by atoms with van der Waals surface area (Å²) in [6.45, 7) is 1.91. The van der Waals surface area contributed by atoms with Gasteiger partial charge in [-0.25, -0.2) is 9.18 Å². The number of urea groups is 1. The topological polar surface area (TPSA) is 73.0 Å². The van der Waals surface area contributed by atoms with E-state index in [0.29, 0.717) is 32.6 Å². The number of fused-ring (bicyclic) bond motifs is 2. The molecule has 1 N–H and O–H groups in total. The SMILES string of the molecule is O=C(CN1C(=O)NC2(CCc3ccccc32)C1=O)N1CCN(c2ccc(F)cc2)CC1. The molecule has 8 heteroatoms. The van der Waals surface area contributed by atoms with Crippen molar-refractivity contribution in [3.63, 3.8) is 0 Å². The van der Waals surface area contributed by atoms with E-state index >= 15 is 0 Å². The van der Waals surface area contributed by atoms with E-state index in [9.17, 15) is 18.8 Å². The van der Waals surface area contributed by atoms with Crippen LogP contribution in [0, 0.1) is 5.82 Å². The highest BCUT2D eigenvalue weighted by atomic mass is 19.1. The Morgan fingerprint density at radius 3 is 2.45 bits per heavy atom. The fraction of sp³-hybridized carbons (Fsp3) is 0.348. The molecule has 5 rings (SSSR count). The molecule has 1 aliphatic carbocycles. The van der Waals surface area contributed by atoms with E-state index in [2.05, 4.69) is 10.2 Å². The molecule has 0 radical (unpaired) electrons. The van der Waals surface area contributed by atoms with Gasteiger partial charge in [-0.1, -0.05) is 24.3 Å². The number of rotatable bonds is 3. The van der Waals surface area contributed by atoms with E-state index < -0.39 is 11.6 Å². The Labute approximate surface area is 179 Å². The van der Waals surface area contributed by atoms with Crippen LogP contribution in [0.25, 0.3) is 0 Å². The molecule has 0 bridgehead atoms. The summed E-state index contributed by atoms with van der Waals surface area (Å²) in [5.74, 6) is -0.875. The molecule has 7 nitrogen and oxygen atoms in total. The number of benzene rings is 2. The van der Waals surface area contributed by atoms with Crippen molar-refractivity contribution < 1.29 is 18.8 Å². The highest BCUT2D eigenvalue weighted by Gasteiger charge is 2.55. The second-order valence-corrected chi connectivity index (χ2v) is 8.23. The van der Waals surface area contributed by atoms with Crippen LogP contribution in [0.5, 0.6) is 0 Å². The highest BCUT2D eigenvalue weighted by Crippen LogP contribution is 2.41. The van der Waals surface area contributed by atoms with Gasteiger partial charge in [0.25, 0.3) is 5.91 Å². The van der Waals surface area contributed by atoms with Gasteiger partial charge in [-0.2, -0.15) is 0 Å². The van der Waals surface area contributed by atoms with Gasteiger partial charge >= 0.3 is 6.03 Å². The second kappa shape index (κ2) is 7.37. The first kappa shape index (κ1) is 19.5. The molecule has 2 fully saturated rings. The molecular weight excluding hydrogens is 399 g/mol. The average Bonchev–Trinajstić information content (AvgIpc) is 3.27. The molecule has 2 aliphatic heterocycles. The molecule has 1 spiro atoms. The Morgan fingerprint density at radius 1 is 1.00 bits per heavy atom. The average molecular weight is 422 g/mol. The summed E-state index contributed by atoms with van der Waals surface area (Å²) in [7, 11) is 0. The molecule has 1 atom stereocenters. The first-order chi connectivity index (χ1) is 15.0. The number of aryl methyl sites for hydroxylation is 1. The van der Waals surface area contributed by atoms with Gasteiger partial charge in [0.05, 0.1) is 0 Å². The summed E-state index contributed by atoms with van der Waals surface area (Å²) in [5.41, 5.74) is 1.75. The molecule has 2 aromatic carbocycles. The molecule has 2 aromatic rings. The Hall–Kier alpha value is -3.42. The lowest BCUT2D eigenvalue weighted by atomic mass is 9.92. The minimum atomic E-state index is -1.05. The van der Waals surface area contributed by atoms with Crippen molar-refractivity contribution >= 4 is 23.5 Å². The second-order valence-electron chi connectivity index (χ2n) is 8.23. The zero-order valence-electron chi connectivity index (χ0n) is 17.0. The molecule has 160 valence electrons. The van der Waals surface area contributed by atoms with Gasteiger partial charge in [0, 0.05) is 31.9 Å². The molecule has 4 amide bonds. The van der Waals surface area contributed by atoms with E-state index in [1.54, 1.807) is 17.0 Å². The van der Waals surface area contributed by atoms with Crippen molar-refractivity contribution in [3.05, 3.63) is 65.5 Å². The smallest absolute Gasteiger partial charge is 0.325 e. The summed E-state index contributed by atoms with van der Waals surface area (Å²) < 4.78 is 13.1. The summed E-state index contributed by atoms with van der Waals surface area (Å²) in [4.78, 5) is 43.5. The van der Waals surface area contributed by atoms with Gasteiger partial charge in [0.2, 0.25) is 5.91 Å². The summed E-state index contributed by atoms with van der Waals surface area (Å²) in [6, 6.07) is 13.4. The van der Waals surface area contributed by atoms with Crippen LogP contribution < -0.4 is 10.2 Å². The van der Waals surface area contributed by atoms with E-state index in [0.717, 1.165) is 28.1 Å². The maximum Gasteiger partial charge on any atom is 0.325 e. The molecule has 2 saturated heterocycles. The zero-order valence-corrected chi connectivity index (χ0v) is 17.0. The summed E-state index contributed by atoms with van der Waals surface area (Å²) in [6.07, 6.45) is 1.23. The molecule has 1 unspecified atom stereocenters. The van der Waals surface area contributed by atoms with Crippen molar-refractivity contribution in [2.24, 2.45) is 0 Å². The fourth-order valence-electron chi connectivity index (χ4n) is 4.83. The third kappa shape index (κ3) is 3.22. The minimum absolute atomic E-state index is 0.245. The molecular formula is C23H23FN4O3. The van der Waals surface area contributed by atoms with Gasteiger partial charge in [0.15, 0.2) is 0 Å². The number of hydrogen-bond donors (Lipinski definition) is 1. The summed E-state index contributed by atoms with van der Waals surface area (Å²) >= 11 is 0. The first-order valence-electron chi connectivity index (χ1n) is 10.5. The Bertz CT molecular complexity index is 1050. The first-order valence-corrected chi connectivity index (χ1v) is 10.5. The van der Waals surface area contributed by atoms with Crippen LogP contribution in [-0.4, -0.2) is 60.4 Å². The van der Waals surface area contributed by atoms with Crippen molar-refractivity contribution in [2.45, 2.75) is 18.4 Å². The van der Waals surface area contributed by atoms with Crippen LogP contribution in [-0.2, 0) is 21.5 Å². The van der Waals surface area contributed by atoms with Crippen LogP contribution in [0.15, 0.2) is 48.5 Å². The zero-order chi connectivity index (χ0) is 21.6. The number of imide groups is 1. The third-order valence-electron chi connectivity index (χ3n) is 6.54. The number of hydrogen-bond acceptors (Lipinski definition) is 4. The third-order valence-corrected chi connectivity index (χ3v) is 6.54. The monoisotopic (exact) mass is 422 g/mol. The van der Waals surface area contributed by atoms with Crippen molar-refractivity contribution in [1.82, 2.24) is 15.1 Å². The Morgan fingerprint density at radius 2 is 1.71 bits per heavy atom. The normalized spacial score (nSPS) is 22.8. The number of nitrogens with one attached hydrogen (secondary N) is 1. The van der Waals surface area contributed by atoms with Crippen molar-refractivity contribution in [3.8, 4) is 0 Å². The quantitative estimate of drug-likeness (QED) is 0.767. The molecule has 0 aromatic heterocycles. The molecule has 3 aliphatic rings. The van der Waals surface area contributed by atoms with Gasteiger partial charge < -0.3 is 15.1 Å². The van der Waals surface area contributed by atoms with Crippen molar-refractivity contribution in [2.75, 3.05) is 37.6 Å². The van der Waals surface area contributed by atoms with E-state index in [1.165, 1.54) is 12.1 Å². The molecule has 31 heavy (non-hydrogen) atoms. The number of carbonyl (C=O) groups is 3. The van der Waals surface area contributed by atoms with Crippen LogP contribution in [0.2, 0.25) is 0 Å². The minimum Gasteiger partial charge on any atom is -0.368 e. The Kier molecular flexibility index (Phi) is 4.64. The van der Waals surface area contributed by atoms with Gasteiger partial charge in [-0.05, 0) is 48.2 Å². The van der Waals surface area contributed by atoms with E-state index in [4.69, 9.17) is 0 Å². The van der Waals surface area contributed by atoms with Gasteiger partial charge in [-0.3, -0.25) is 14.5 Å². The number of piperazine rings is 1. The summed E-state index contributed by atoms with van der Waals surface area (Å²) in [5, 5.41) is 2.85. The number of anilines is 1. The van der Waals surface area contributed by atoms with Crippen LogP contribution in [0.3, 0.4) is 0 Å².